The van der Waals surface area contributed by atoms with E-state index in [1.807, 2.05) is 24.3 Å². The number of halogens is 1. The average Bonchev–Trinajstić information content (AvgIpc) is 3.29. The van der Waals surface area contributed by atoms with Gasteiger partial charge in [0.25, 0.3) is 0 Å². The predicted octanol–water partition coefficient (Wildman–Crippen LogP) is 4.73. The van der Waals surface area contributed by atoms with Crippen LogP contribution in [0, 0.1) is 0 Å². The molecule has 0 unspecified atom stereocenters. The van der Waals surface area contributed by atoms with E-state index in [2.05, 4.69) is 32.2 Å². The lowest BCUT2D eigenvalue weighted by Gasteiger charge is -2.31. The summed E-state index contributed by atoms with van der Waals surface area (Å²) in [6.45, 7) is 1.75. The normalized spacial score (nSPS) is 14.9. The fourth-order valence-electron chi connectivity index (χ4n) is 3.83. The summed E-state index contributed by atoms with van der Waals surface area (Å²) in [5.74, 6) is 3.20. The van der Waals surface area contributed by atoms with Crippen LogP contribution >= 0.6 is 11.6 Å². The van der Waals surface area contributed by atoms with Gasteiger partial charge in [0.1, 0.15) is 22.2 Å². The lowest BCUT2D eigenvalue weighted by atomic mass is 9.96. The summed E-state index contributed by atoms with van der Waals surface area (Å²) >= 11 is 5.85. The van der Waals surface area contributed by atoms with Gasteiger partial charge in [-0.2, -0.15) is 4.98 Å². The number of methoxy groups -OCH3 is 1. The first-order valence-corrected chi connectivity index (χ1v) is 10.2. The molecule has 0 bridgehead atoms. The van der Waals surface area contributed by atoms with Crippen molar-refractivity contribution in [2.24, 2.45) is 0 Å². The number of nitrogens with zero attached hydrogens (tertiary/aromatic N) is 5. The zero-order valence-corrected chi connectivity index (χ0v) is 17.2. The van der Waals surface area contributed by atoms with Crippen molar-refractivity contribution in [1.82, 2.24) is 20.1 Å². The van der Waals surface area contributed by atoms with Crippen LogP contribution in [0.25, 0.3) is 22.3 Å². The molecule has 1 aliphatic rings. The Kier molecular flexibility index (Phi) is 4.96. The number of hydrogen-bond donors (Lipinski definition) is 0. The Morgan fingerprint density at radius 2 is 1.93 bits per heavy atom. The summed E-state index contributed by atoms with van der Waals surface area (Å²) in [7, 11) is 1.67. The number of rotatable bonds is 4. The van der Waals surface area contributed by atoms with Gasteiger partial charge >= 0.3 is 0 Å². The molecule has 4 aromatic rings. The van der Waals surface area contributed by atoms with Crippen LogP contribution in [0.5, 0.6) is 5.75 Å². The van der Waals surface area contributed by atoms with Crippen LogP contribution in [0.3, 0.4) is 0 Å². The third-order valence-electron chi connectivity index (χ3n) is 5.48. The lowest BCUT2D eigenvalue weighted by molar-refractivity contribution is 0.329. The zero-order valence-electron chi connectivity index (χ0n) is 16.5. The third-order valence-corrected chi connectivity index (χ3v) is 5.71. The molecule has 30 heavy (non-hydrogen) atoms. The molecule has 0 spiro atoms. The van der Waals surface area contributed by atoms with Gasteiger partial charge < -0.3 is 14.2 Å². The molecule has 7 nitrogen and oxygen atoms in total. The number of fused-ring (bicyclic) bond motifs is 1. The van der Waals surface area contributed by atoms with Gasteiger partial charge in [0.15, 0.2) is 0 Å². The van der Waals surface area contributed by atoms with Crippen molar-refractivity contribution >= 4 is 28.3 Å². The van der Waals surface area contributed by atoms with Crippen molar-refractivity contribution in [3.63, 3.8) is 0 Å². The number of piperidine rings is 1. The second-order valence-corrected chi connectivity index (χ2v) is 7.68. The lowest BCUT2D eigenvalue weighted by Crippen LogP contribution is -2.33. The molecule has 0 N–H and O–H groups in total. The number of hydrogen-bond acceptors (Lipinski definition) is 7. The van der Waals surface area contributed by atoms with Crippen molar-refractivity contribution in [2.45, 2.75) is 18.8 Å². The van der Waals surface area contributed by atoms with Gasteiger partial charge in [-0.3, -0.25) is 0 Å². The highest BCUT2D eigenvalue weighted by Crippen LogP contribution is 2.32. The summed E-state index contributed by atoms with van der Waals surface area (Å²) in [5.41, 5.74) is 1.68. The fraction of sp³-hybridized carbons (Fsp3) is 0.273. The van der Waals surface area contributed by atoms with E-state index in [1.165, 1.54) is 0 Å². The number of pyridine rings is 2. The maximum atomic E-state index is 5.85. The Balaban J connectivity index is 1.30. The van der Waals surface area contributed by atoms with Crippen molar-refractivity contribution in [3.05, 3.63) is 59.7 Å². The maximum Gasteiger partial charge on any atom is 0.230 e. The third kappa shape index (κ3) is 3.57. The number of ether oxygens (including phenoxy) is 1. The van der Waals surface area contributed by atoms with Gasteiger partial charge in [0.2, 0.25) is 11.7 Å². The van der Waals surface area contributed by atoms with E-state index in [9.17, 15) is 0 Å². The smallest absolute Gasteiger partial charge is 0.230 e. The highest BCUT2D eigenvalue weighted by atomic mass is 35.5. The highest BCUT2D eigenvalue weighted by molar-refractivity contribution is 6.29. The number of benzene rings is 1. The Morgan fingerprint density at radius 3 is 2.70 bits per heavy atom. The predicted molar refractivity (Wildman–Crippen MR) is 115 cm³/mol. The number of aromatic nitrogens is 4. The molecule has 1 aliphatic heterocycles. The number of anilines is 1. The monoisotopic (exact) mass is 421 g/mol. The summed E-state index contributed by atoms with van der Waals surface area (Å²) in [6.07, 6.45) is 3.50. The minimum absolute atomic E-state index is 0.234. The minimum atomic E-state index is 0.234. The largest absolute Gasteiger partial charge is 0.494 e. The molecule has 0 amide bonds. The fourth-order valence-corrected chi connectivity index (χ4v) is 3.94. The number of para-hydroxylation sites is 1. The molecular formula is C22H20ClN5O2. The molecule has 8 heteroatoms. The Bertz CT molecular complexity index is 1170. The first-order valence-electron chi connectivity index (χ1n) is 9.85. The Morgan fingerprint density at radius 1 is 1.07 bits per heavy atom. The van der Waals surface area contributed by atoms with Crippen molar-refractivity contribution < 1.29 is 9.26 Å². The first-order chi connectivity index (χ1) is 14.7. The molecule has 4 heterocycles. The minimum Gasteiger partial charge on any atom is -0.494 e. The molecule has 1 aromatic carbocycles. The topological polar surface area (TPSA) is 77.2 Å². The van der Waals surface area contributed by atoms with Crippen molar-refractivity contribution in [1.29, 1.82) is 0 Å². The molecule has 5 rings (SSSR count). The van der Waals surface area contributed by atoms with E-state index in [0.717, 1.165) is 54.0 Å². The van der Waals surface area contributed by atoms with Crippen LogP contribution in [0.15, 0.2) is 53.2 Å². The van der Waals surface area contributed by atoms with Crippen LogP contribution in [0.2, 0.25) is 5.15 Å². The molecule has 1 fully saturated rings. The molecule has 0 atom stereocenters. The van der Waals surface area contributed by atoms with E-state index < -0.39 is 0 Å². The van der Waals surface area contributed by atoms with Gasteiger partial charge in [-0.05, 0) is 43.2 Å². The molecule has 1 saturated heterocycles. The van der Waals surface area contributed by atoms with Gasteiger partial charge in [-0.1, -0.05) is 28.9 Å². The first kappa shape index (κ1) is 18.8. The van der Waals surface area contributed by atoms with E-state index in [1.54, 1.807) is 19.4 Å². The van der Waals surface area contributed by atoms with Crippen LogP contribution in [-0.2, 0) is 0 Å². The van der Waals surface area contributed by atoms with Crippen LogP contribution in [-0.4, -0.2) is 40.3 Å². The quantitative estimate of drug-likeness (QED) is 0.441. The maximum absolute atomic E-state index is 5.85. The van der Waals surface area contributed by atoms with E-state index >= 15 is 0 Å². The van der Waals surface area contributed by atoms with Crippen LogP contribution in [0.1, 0.15) is 24.7 Å². The molecule has 0 aliphatic carbocycles. The van der Waals surface area contributed by atoms with E-state index in [0.29, 0.717) is 16.9 Å². The SMILES string of the molecule is COc1cccc2ccc(N3CCC(c4nc(-c5ccc(Cl)nc5)no4)CC3)nc12. The Labute approximate surface area is 178 Å². The molecule has 0 radical (unpaired) electrons. The summed E-state index contributed by atoms with van der Waals surface area (Å²) in [5, 5.41) is 5.62. The standard InChI is InChI=1S/C22H20ClN5O2/c1-29-17-4-2-3-14-6-8-19(25-20(14)17)28-11-9-15(10-12-28)22-26-21(27-30-22)16-5-7-18(23)24-13-16/h2-8,13,15H,9-12H2,1H3. The highest BCUT2D eigenvalue weighted by Gasteiger charge is 2.26. The van der Waals surface area contributed by atoms with E-state index in [-0.39, 0.29) is 5.92 Å². The van der Waals surface area contributed by atoms with Gasteiger partial charge in [0, 0.05) is 36.2 Å². The molecule has 0 saturated carbocycles. The van der Waals surface area contributed by atoms with Crippen LogP contribution in [0.4, 0.5) is 5.82 Å². The van der Waals surface area contributed by atoms with Crippen LogP contribution < -0.4 is 9.64 Å². The molecule has 3 aromatic heterocycles. The van der Waals surface area contributed by atoms with Crippen molar-refractivity contribution in [3.8, 4) is 17.1 Å². The van der Waals surface area contributed by atoms with Gasteiger partial charge in [-0.25, -0.2) is 9.97 Å². The second kappa shape index (κ2) is 7.91. The summed E-state index contributed by atoms with van der Waals surface area (Å²) < 4.78 is 11.0. The second-order valence-electron chi connectivity index (χ2n) is 7.29. The molecule has 152 valence electrons. The zero-order chi connectivity index (χ0) is 20.5. The average molecular weight is 422 g/mol. The Hall–Kier alpha value is -3.19. The summed E-state index contributed by atoms with van der Waals surface area (Å²) in [6, 6.07) is 13.7. The molecular weight excluding hydrogens is 402 g/mol. The van der Waals surface area contributed by atoms with Gasteiger partial charge in [-0.15, -0.1) is 0 Å². The summed E-state index contributed by atoms with van der Waals surface area (Å²) in [4.78, 5) is 15.8. The van der Waals surface area contributed by atoms with Gasteiger partial charge in [0.05, 0.1) is 7.11 Å². The van der Waals surface area contributed by atoms with Crippen molar-refractivity contribution in [2.75, 3.05) is 25.1 Å². The van der Waals surface area contributed by atoms with E-state index in [4.69, 9.17) is 25.8 Å².